The van der Waals surface area contributed by atoms with Crippen LogP contribution >= 0.6 is 0 Å². The summed E-state index contributed by atoms with van der Waals surface area (Å²) >= 11 is 0. The highest BCUT2D eigenvalue weighted by Crippen LogP contribution is 2.28. The molecule has 0 aliphatic heterocycles. The molecule has 1 aliphatic carbocycles. The third kappa shape index (κ3) is 3.02. The molecule has 1 fully saturated rings. The van der Waals surface area contributed by atoms with E-state index in [1.54, 1.807) is 11.8 Å². The van der Waals surface area contributed by atoms with Crippen molar-refractivity contribution in [1.29, 1.82) is 0 Å². The van der Waals surface area contributed by atoms with E-state index in [9.17, 15) is 9.90 Å². The maximum atomic E-state index is 12.8. The van der Waals surface area contributed by atoms with Gasteiger partial charge < -0.3 is 15.7 Å². The van der Waals surface area contributed by atoms with E-state index in [0.717, 1.165) is 31.2 Å². The highest BCUT2D eigenvalue weighted by atomic mass is 16.3. The van der Waals surface area contributed by atoms with Crippen molar-refractivity contribution in [3.8, 4) is 0 Å². The molecule has 4 nitrogen and oxygen atoms in total. The monoisotopic (exact) mass is 276 g/mol. The molecule has 3 N–H and O–H groups in total. The normalized spacial score (nSPS) is 18.8. The Morgan fingerprint density at radius 1 is 1.35 bits per heavy atom. The highest BCUT2D eigenvalue weighted by Gasteiger charge is 2.37. The summed E-state index contributed by atoms with van der Waals surface area (Å²) in [6.07, 6.45) is 4.31. The standard InChI is InChI=1S/C16H24N2O2/c1-16(17,13-7-3-2-4-8-13)15(20)18(11-12-19)14-9-5-6-10-14/h2-4,7-8,14,19H,5-6,9-12,17H2,1H3. The summed E-state index contributed by atoms with van der Waals surface area (Å²) in [6, 6.07) is 9.67. The first-order valence-electron chi connectivity index (χ1n) is 7.33. The predicted octanol–water partition coefficient (Wildman–Crippen LogP) is 1.62. The minimum atomic E-state index is -1.04. The molecule has 0 spiro atoms. The number of amides is 1. The van der Waals surface area contributed by atoms with Gasteiger partial charge in [-0.25, -0.2) is 0 Å². The molecule has 4 heteroatoms. The Morgan fingerprint density at radius 2 is 1.95 bits per heavy atom. The van der Waals surface area contributed by atoms with Crippen LogP contribution in [-0.2, 0) is 10.3 Å². The lowest BCUT2D eigenvalue weighted by atomic mass is 9.91. The van der Waals surface area contributed by atoms with Gasteiger partial charge in [0.15, 0.2) is 0 Å². The maximum Gasteiger partial charge on any atom is 0.247 e. The summed E-state index contributed by atoms with van der Waals surface area (Å²) in [4.78, 5) is 14.6. The molecule has 1 aromatic rings. The van der Waals surface area contributed by atoms with Crippen molar-refractivity contribution in [2.24, 2.45) is 5.73 Å². The zero-order valence-electron chi connectivity index (χ0n) is 12.1. The summed E-state index contributed by atoms with van der Waals surface area (Å²) in [5.74, 6) is -0.0929. The van der Waals surface area contributed by atoms with Crippen molar-refractivity contribution in [3.05, 3.63) is 35.9 Å². The van der Waals surface area contributed by atoms with Gasteiger partial charge in [0.05, 0.1) is 6.61 Å². The first kappa shape index (κ1) is 15.0. The lowest BCUT2D eigenvalue weighted by Crippen LogP contribution is -2.54. The van der Waals surface area contributed by atoms with Gasteiger partial charge in [-0.05, 0) is 25.3 Å². The number of aliphatic hydroxyl groups is 1. The highest BCUT2D eigenvalue weighted by molar-refractivity contribution is 5.87. The maximum absolute atomic E-state index is 12.8. The average Bonchev–Trinajstić information content (AvgIpc) is 2.99. The summed E-state index contributed by atoms with van der Waals surface area (Å²) < 4.78 is 0. The average molecular weight is 276 g/mol. The van der Waals surface area contributed by atoms with E-state index in [-0.39, 0.29) is 18.6 Å². The van der Waals surface area contributed by atoms with Gasteiger partial charge >= 0.3 is 0 Å². The number of hydrogen-bond donors (Lipinski definition) is 2. The summed E-state index contributed by atoms with van der Waals surface area (Å²) in [5.41, 5.74) is 6.08. The molecule has 1 aromatic carbocycles. The molecule has 0 bridgehead atoms. The second-order valence-corrected chi connectivity index (χ2v) is 5.73. The van der Waals surface area contributed by atoms with Crippen LogP contribution in [0.1, 0.15) is 38.2 Å². The number of hydrogen-bond acceptors (Lipinski definition) is 3. The van der Waals surface area contributed by atoms with Crippen LogP contribution in [0.3, 0.4) is 0 Å². The number of carbonyl (C=O) groups is 1. The number of nitrogens with zero attached hydrogens (tertiary/aromatic N) is 1. The van der Waals surface area contributed by atoms with Gasteiger partial charge in [-0.15, -0.1) is 0 Å². The number of benzene rings is 1. The fourth-order valence-corrected chi connectivity index (χ4v) is 2.98. The second kappa shape index (κ2) is 6.37. The van der Waals surface area contributed by atoms with Crippen LogP contribution in [-0.4, -0.2) is 35.1 Å². The number of nitrogens with two attached hydrogens (primary N) is 1. The third-order valence-electron chi connectivity index (χ3n) is 4.18. The molecule has 0 saturated heterocycles. The molecule has 1 atom stereocenters. The van der Waals surface area contributed by atoms with E-state index in [1.165, 1.54) is 0 Å². The third-order valence-corrected chi connectivity index (χ3v) is 4.18. The van der Waals surface area contributed by atoms with Crippen molar-refractivity contribution in [2.75, 3.05) is 13.2 Å². The van der Waals surface area contributed by atoms with Crippen molar-refractivity contribution in [3.63, 3.8) is 0 Å². The van der Waals surface area contributed by atoms with Crippen molar-refractivity contribution < 1.29 is 9.90 Å². The van der Waals surface area contributed by atoms with Gasteiger partial charge in [0, 0.05) is 12.6 Å². The van der Waals surface area contributed by atoms with Gasteiger partial charge in [0.25, 0.3) is 0 Å². The Kier molecular flexibility index (Phi) is 4.78. The number of rotatable bonds is 5. The molecule has 2 rings (SSSR count). The van der Waals surface area contributed by atoms with Gasteiger partial charge in [-0.3, -0.25) is 4.79 Å². The molecule has 0 aromatic heterocycles. The second-order valence-electron chi connectivity index (χ2n) is 5.73. The molecule has 1 aliphatic rings. The smallest absolute Gasteiger partial charge is 0.247 e. The zero-order chi connectivity index (χ0) is 14.6. The van der Waals surface area contributed by atoms with E-state index in [1.807, 2.05) is 30.3 Å². The summed E-state index contributed by atoms with van der Waals surface area (Å²) in [7, 11) is 0. The Labute approximate surface area is 120 Å². The van der Waals surface area contributed by atoms with Crippen LogP contribution in [0.15, 0.2) is 30.3 Å². The Morgan fingerprint density at radius 3 is 2.50 bits per heavy atom. The molecular formula is C16H24N2O2. The molecular weight excluding hydrogens is 252 g/mol. The summed E-state index contributed by atoms with van der Waals surface area (Å²) in [5, 5.41) is 9.25. The fraction of sp³-hybridized carbons (Fsp3) is 0.562. The van der Waals surface area contributed by atoms with Crippen LogP contribution in [0.5, 0.6) is 0 Å². The summed E-state index contributed by atoms with van der Waals surface area (Å²) in [6.45, 7) is 2.10. The zero-order valence-corrected chi connectivity index (χ0v) is 12.1. The van der Waals surface area contributed by atoms with E-state index in [0.29, 0.717) is 6.54 Å². The van der Waals surface area contributed by atoms with Crippen LogP contribution in [0.4, 0.5) is 0 Å². The van der Waals surface area contributed by atoms with Crippen LogP contribution < -0.4 is 5.73 Å². The Hall–Kier alpha value is -1.39. The van der Waals surface area contributed by atoms with E-state index >= 15 is 0 Å². The molecule has 20 heavy (non-hydrogen) atoms. The molecule has 1 amide bonds. The molecule has 1 saturated carbocycles. The van der Waals surface area contributed by atoms with Crippen molar-refractivity contribution in [1.82, 2.24) is 4.90 Å². The van der Waals surface area contributed by atoms with Crippen molar-refractivity contribution in [2.45, 2.75) is 44.2 Å². The topological polar surface area (TPSA) is 66.6 Å². The van der Waals surface area contributed by atoms with Crippen molar-refractivity contribution >= 4 is 5.91 Å². The van der Waals surface area contributed by atoms with Gasteiger partial charge in [-0.2, -0.15) is 0 Å². The minimum Gasteiger partial charge on any atom is -0.395 e. The van der Waals surface area contributed by atoms with E-state index in [2.05, 4.69) is 0 Å². The fourth-order valence-electron chi connectivity index (χ4n) is 2.98. The van der Waals surface area contributed by atoms with Crippen LogP contribution in [0.2, 0.25) is 0 Å². The minimum absolute atomic E-state index is 0.0207. The van der Waals surface area contributed by atoms with Crippen LogP contribution in [0, 0.1) is 0 Å². The van der Waals surface area contributed by atoms with Crippen LogP contribution in [0.25, 0.3) is 0 Å². The lowest BCUT2D eigenvalue weighted by molar-refractivity contribution is -0.139. The largest absolute Gasteiger partial charge is 0.395 e. The van der Waals surface area contributed by atoms with Gasteiger partial charge in [-0.1, -0.05) is 43.2 Å². The van der Waals surface area contributed by atoms with Gasteiger partial charge in [0.1, 0.15) is 5.54 Å². The Balaban J connectivity index is 2.21. The van der Waals surface area contributed by atoms with E-state index in [4.69, 9.17) is 5.73 Å². The lowest BCUT2D eigenvalue weighted by Gasteiger charge is -2.35. The first-order chi connectivity index (χ1) is 9.57. The Bertz CT molecular complexity index is 439. The number of aliphatic hydroxyl groups excluding tert-OH is 1. The SMILES string of the molecule is CC(N)(C(=O)N(CCO)C1CCCC1)c1ccccc1. The molecule has 0 heterocycles. The van der Waals surface area contributed by atoms with Gasteiger partial charge in [0.2, 0.25) is 5.91 Å². The quantitative estimate of drug-likeness (QED) is 0.859. The number of carbonyl (C=O) groups excluding carboxylic acids is 1. The molecule has 1 unspecified atom stereocenters. The predicted molar refractivity (Wildman–Crippen MR) is 79.0 cm³/mol. The molecule has 0 radical (unpaired) electrons. The first-order valence-corrected chi connectivity index (χ1v) is 7.33. The van der Waals surface area contributed by atoms with E-state index < -0.39 is 5.54 Å². The molecule has 110 valence electrons.